The Balaban J connectivity index is 1.88. The molecule has 0 atom stereocenters. The maximum absolute atomic E-state index is 13.1. The SMILES string of the molecule is Cc1cc(NC(=O)c2ccc(S(=O)(=O)NC(C)(C)C)o2)n(-c2cccc(C(F)(F)F)c2)n1. The standard InChI is InChI=1S/C20H21F3N4O4S/c1-12-10-16(27(25-12)14-7-5-6-13(11-14)20(21,22)23)24-18(28)15-8-9-17(31-15)32(29,30)26-19(2,3)4/h5-11,26H,1-4H3,(H,24,28). The number of halogens is 3. The number of nitrogens with one attached hydrogen (secondary N) is 2. The zero-order valence-electron chi connectivity index (χ0n) is 17.6. The molecule has 8 nitrogen and oxygen atoms in total. The molecule has 0 aliphatic rings. The van der Waals surface area contributed by atoms with E-state index in [0.29, 0.717) is 5.69 Å². The fraction of sp³-hybridized carbons (Fsp3) is 0.300. The minimum Gasteiger partial charge on any atom is -0.438 e. The van der Waals surface area contributed by atoms with Crippen LogP contribution < -0.4 is 10.0 Å². The van der Waals surface area contributed by atoms with Crippen LogP contribution in [-0.2, 0) is 16.2 Å². The Bertz CT molecular complexity index is 1250. The van der Waals surface area contributed by atoms with Crippen molar-refractivity contribution in [1.29, 1.82) is 0 Å². The smallest absolute Gasteiger partial charge is 0.416 e. The zero-order chi connectivity index (χ0) is 23.9. The van der Waals surface area contributed by atoms with Crippen LogP contribution in [0.4, 0.5) is 19.0 Å². The zero-order valence-corrected chi connectivity index (χ0v) is 18.4. The lowest BCUT2D eigenvalue weighted by Gasteiger charge is -2.18. The highest BCUT2D eigenvalue weighted by atomic mass is 32.2. The lowest BCUT2D eigenvalue weighted by molar-refractivity contribution is -0.137. The van der Waals surface area contributed by atoms with Gasteiger partial charge in [-0.25, -0.2) is 17.8 Å². The number of carbonyl (C=O) groups excluding carboxylic acids is 1. The van der Waals surface area contributed by atoms with Gasteiger partial charge < -0.3 is 9.73 Å². The van der Waals surface area contributed by atoms with E-state index in [4.69, 9.17) is 4.42 Å². The Morgan fingerprint density at radius 3 is 2.41 bits per heavy atom. The fourth-order valence-electron chi connectivity index (χ4n) is 2.82. The van der Waals surface area contributed by atoms with Gasteiger partial charge in [0.25, 0.3) is 15.9 Å². The Hall–Kier alpha value is -3.12. The van der Waals surface area contributed by atoms with Gasteiger partial charge in [0, 0.05) is 11.6 Å². The van der Waals surface area contributed by atoms with Crippen molar-refractivity contribution in [3.63, 3.8) is 0 Å². The highest BCUT2D eigenvalue weighted by Crippen LogP contribution is 2.31. The van der Waals surface area contributed by atoms with Crippen molar-refractivity contribution in [1.82, 2.24) is 14.5 Å². The Kier molecular flexibility index (Phi) is 5.96. The summed E-state index contributed by atoms with van der Waals surface area (Å²) in [5.41, 5.74) is -1.11. The second-order valence-corrected chi connectivity index (χ2v) is 9.67. The maximum atomic E-state index is 13.1. The lowest BCUT2D eigenvalue weighted by Crippen LogP contribution is -2.40. The Morgan fingerprint density at radius 1 is 1.09 bits per heavy atom. The largest absolute Gasteiger partial charge is 0.438 e. The average molecular weight is 470 g/mol. The molecule has 32 heavy (non-hydrogen) atoms. The van der Waals surface area contributed by atoms with Crippen LogP contribution in [0, 0.1) is 6.92 Å². The molecule has 0 spiro atoms. The highest BCUT2D eigenvalue weighted by Gasteiger charge is 2.31. The maximum Gasteiger partial charge on any atom is 0.416 e. The first kappa shape index (κ1) is 23.5. The van der Waals surface area contributed by atoms with Gasteiger partial charge in [-0.1, -0.05) is 6.07 Å². The number of benzene rings is 1. The predicted octanol–water partition coefficient (Wildman–Crippen LogP) is 4.12. The number of rotatable bonds is 5. The topological polar surface area (TPSA) is 106 Å². The van der Waals surface area contributed by atoms with E-state index in [9.17, 15) is 26.4 Å². The number of alkyl halides is 3. The van der Waals surface area contributed by atoms with Crippen LogP contribution >= 0.6 is 0 Å². The van der Waals surface area contributed by atoms with Crippen molar-refractivity contribution in [3.8, 4) is 5.69 Å². The molecule has 0 fully saturated rings. The molecule has 172 valence electrons. The molecule has 1 amide bonds. The molecule has 0 radical (unpaired) electrons. The third-order valence-corrected chi connectivity index (χ3v) is 5.63. The lowest BCUT2D eigenvalue weighted by atomic mass is 10.1. The van der Waals surface area contributed by atoms with E-state index in [1.807, 2.05) is 0 Å². The third-order valence-electron chi connectivity index (χ3n) is 4.00. The molecule has 0 saturated carbocycles. The first-order chi connectivity index (χ1) is 14.7. The van der Waals surface area contributed by atoms with E-state index < -0.39 is 38.3 Å². The molecule has 3 rings (SSSR count). The normalized spacial score (nSPS) is 12.7. The Morgan fingerprint density at radius 2 is 1.78 bits per heavy atom. The third kappa shape index (κ3) is 5.37. The number of anilines is 1. The van der Waals surface area contributed by atoms with Crippen LogP contribution in [0.25, 0.3) is 5.69 Å². The minimum absolute atomic E-state index is 0.0836. The van der Waals surface area contributed by atoms with Crippen LogP contribution in [-0.4, -0.2) is 29.6 Å². The van der Waals surface area contributed by atoms with Crippen LogP contribution in [0.15, 0.2) is 52.0 Å². The van der Waals surface area contributed by atoms with Crippen LogP contribution in [0.2, 0.25) is 0 Å². The summed E-state index contributed by atoms with van der Waals surface area (Å²) in [4.78, 5) is 12.6. The monoisotopic (exact) mass is 470 g/mol. The molecular weight excluding hydrogens is 449 g/mol. The van der Waals surface area contributed by atoms with Gasteiger partial charge in [0.1, 0.15) is 5.82 Å². The number of nitrogens with zero attached hydrogens (tertiary/aromatic N) is 2. The Labute approximate surface area is 182 Å². The van der Waals surface area contributed by atoms with Gasteiger partial charge in [0.05, 0.1) is 16.9 Å². The highest BCUT2D eigenvalue weighted by molar-refractivity contribution is 7.89. The summed E-state index contributed by atoms with van der Waals surface area (Å²) in [6.45, 7) is 6.56. The van der Waals surface area contributed by atoms with Crippen LogP contribution in [0.3, 0.4) is 0 Å². The molecule has 2 aromatic heterocycles. The van der Waals surface area contributed by atoms with E-state index in [-0.39, 0.29) is 17.3 Å². The number of furan rings is 1. The summed E-state index contributed by atoms with van der Waals surface area (Å²) >= 11 is 0. The summed E-state index contributed by atoms with van der Waals surface area (Å²) in [6, 6.07) is 8.24. The number of aryl methyl sites for hydroxylation is 1. The predicted molar refractivity (Wildman–Crippen MR) is 110 cm³/mol. The molecule has 2 heterocycles. The van der Waals surface area contributed by atoms with Crippen molar-refractivity contribution in [2.75, 3.05) is 5.32 Å². The number of carbonyl (C=O) groups is 1. The number of sulfonamides is 1. The van der Waals surface area contributed by atoms with Gasteiger partial charge in [0.2, 0.25) is 5.09 Å². The quantitative estimate of drug-likeness (QED) is 0.584. The van der Waals surface area contributed by atoms with Crippen molar-refractivity contribution in [3.05, 3.63) is 59.5 Å². The molecule has 0 aliphatic heterocycles. The molecule has 0 saturated heterocycles. The summed E-state index contributed by atoms with van der Waals surface area (Å²) in [6.07, 6.45) is -4.54. The van der Waals surface area contributed by atoms with Gasteiger partial charge in [-0.2, -0.15) is 18.3 Å². The van der Waals surface area contributed by atoms with E-state index in [2.05, 4.69) is 15.1 Å². The molecule has 0 bridgehead atoms. The first-order valence-electron chi connectivity index (χ1n) is 9.35. The van der Waals surface area contributed by atoms with Crippen molar-refractivity contribution < 1.29 is 30.8 Å². The first-order valence-corrected chi connectivity index (χ1v) is 10.8. The molecule has 3 aromatic rings. The molecule has 2 N–H and O–H groups in total. The second kappa shape index (κ2) is 8.10. The van der Waals surface area contributed by atoms with Gasteiger partial charge in [0.15, 0.2) is 5.76 Å². The van der Waals surface area contributed by atoms with E-state index >= 15 is 0 Å². The molecule has 1 aromatic carbocycles. The van der Waals surface area contributed by atoms with E-state index in [1.54, 1.807) is 27.7 Å². The molecular formula is C20H21F3N4O4S. The van der Waals surface area contributed by atoms with Crippen molar-refractivity contribution in [2.24, 2.45) is 0 Å². The second-order valence-electron chi connectivity index (χ2n) is 8.06. The van der Waals surface area contributed by atoms with Crippen molar-refractivity contribution >= 4 is 21.7 Å². The summed E-state index contributed by atoms with van der Waals surface area (Å²) in [5, 5.41) is 6.18. The van der Waals surface area contributed by atoms with Gasteiger partial charge in [-0.3, -0.25) is 4.79 Å². The average Bonchev–Trinajstić information content (AvgIpc) is 3.27. The summed E-state index contributed by atoms with van der Waals surface area (Å²) in [5.74, 6) is -1.01. The number of hydrogen-bond donors (Lipinski definition) is 2. The van der Waals surface area contributed by atoms with E-state index in [0.717, 1.165) is 22.9 Å². The summed E-state index contributed by atoms with van der Waals surface area (Å²) < 4.78 is 72.6. The minimum atomic E-state index is -4.54. The van der Waals surface area contributed by atoms with Crippen molar-refractivity contribution in [2.45, 2.75) is 44.5 Å². The number of hydrogen-bond acceptors (Lipinski definition) is 5. The molecule has 0 aliphatic carbocycles. The van der Waals surface area contributed by atoms with Crippen LogP contribution in [0.1, 0.15) is 42.6 Å². The van der Waals surface area contributed by atoms with Gasteiger partial charge in [-0.15, -0.1) is 0 Å². The fourth-order valence-corrected chi connectivity index (χ4v) is 4.17. The van der Waals surface area contributed by atoms with Gasteiger partial charge >= 0.3 is 6.18 Å². The van der Waals surface area contributed by atoms with E-state index in [1.165, 1.54) is 24.3 Å². The van der Waals surface area contributed by atoms with Gasteiger partial charge in [-0.05, 0) is 58.0 Å². The molecule has 12 heteroatoms. The number of amides is 1. The number of aromatic nitrogens is 2. The van der Waals surface area contributed by atoms with Crippen LogP contribution in [0.5, 0.6) is 0 Å². The summed E-state index contributed by atoms with van der Waals surface area (Å²) in [7, 11) is -3.99. The molecule has 0 unspecified atom stereocenters.